The minimum atomic E-state index is -0.220. The van der Waals surface area contributed by atoms with Crippen molar-refractivity contribution in [1.29, 1.82) is 0 Å². The highest BCUT2D eigenvalue weighted by atomic mass is 16.5. The maximum Gasteiger partial charge on any atom is 0.323 e. The number of rotatable bonds is 5. The molecule has 0 saturated carbocycles. The highest BCUT2D eigenvalue weighted by Crippen LogP contribution is 2.11. The molecule has 0 aromatic carbocycles. The second-order valence-electron chi connectivity index (χ2n) is 5.64. The molecule has 9 nitrogen and oxygen atoms in total. The van der Waals surface area contributed by atoms with Gasteiger partial charge in [-0.1, -0.05) is 0 Å². The lowest BCUT2D eigenvalue weighted by atomic mass is 10.3. The second kappa shape index (κ2) is 7.84. The van der Waals surface area contributed by atoms with Crippen molar-refractivity contribution in [3.05, 3.63) is 36.4 Å². The molecule has 0 atom stereocenters. The molecule has 0 spiro atoms. The Morgan fingerprint density at radius 1 is 1.24 bits per heavy atom. The van der Waals surface area contributed by atoms with Crippen LogP contribution in [0.1, 0.15) is 10.6 Å². The zero-order chi connectivity index (χ0) is 17.6. The lowest BCUT2D eigenvalue weighted by molar-refractivity contribution is 0.0640. The van der Waals surface area contributed by atoms with E-state index in [1.54, 1.807) is 46.0 Å². The predicted molar refractivity (Wildman–Crippen MR) is 89.3 cm³/mol. The number of hydrogen-bond acceptors (Lipinski definition) is 5. The quantitative estimate of drug-likeness (QED) is 0.875. The van der Waals surface area contributed by atoms with E-state index in [9.17, 15) is 9.59 Å². The van der Waals surface area contributed by atoms with Crippen molar-refractivity contribution < 1.29 is 18.7 Å². The van der Waals surface area contributed by atoms with E-state index in [2.05, 4.69) is 10.4 Å². The zero-order valence-corrected chi connectivity index (χ0v) is 14.1. The fourth-order valence-corrected chi connectivity index (χ4v) is 2.60. The SMILES string of the molecule is COCCn1ccc(NC(=O)N2CCN(C(=O)c3ccco3)CC2)n1. The first-order valence-electron chi connectivity index (χ1n) is 8.08. The largest absolute Gasteiger partial charge is 0.459 e. The summed E-state index contributed by atoms with van der Waals surface area (Å²) in [6.45, 7) is 3.04. The maximum absolute atomic E-state index is 12.3. The third kappa shape index (κ3) is 4.18. The molecule has 2 aromatic rings. The van der Waals surface area contributed by atoms with Crippen LogP contribution in [0.4, 0.5) is 10.6 Å². The van der Waals surface area contributed by atoms with E-state index < -0.39 is 0 Å². The molecule has 1 aliphatic rings. The third-order valence-corrected chi connectivity index (χ3v) is 3.99. The molecule has 3 amide bonds. The van der Waals surface area contributed by atoms with Crippen LogP contribution in [0.15, 0.2) is 35.1 Å². The first kappa shape index (κ1) is 17.0. The highest BCUT2D eigenvalue weighted by Gasteiger charge is 2.26. The lowest BCUT2D eigenvalue weighted by Gasteiger charge is -2.34. The molecule has 1 fully saturated rings. The molecule has 1 aliphatic heterocycles. The van der Waals surface area contributed by atoms with Gasteiger partial charge in [-0.2, -0.15) is 5.10 Å². The van der Waals surface area contributed by atoms with Gasteiger partial charge < -0.3 is 19.0 Å². The van der Waals surface area contributed by atoms with E-state index in [1.165, 1.54) is 6.26 Å². The summed E-state index contributed by atoms with van der Waals surface area (Å²) in [6, 6.07) is 4.84. The number of methoxy groups -OCH3 is 1. The molecule has 0 aliphatic carbocycles. The van der Waals surface area contributed by atoms with Crippen LogP contribution < -0.4 is 5.32 Å². The van der Waals surface area contributed by atoms with Gasteiger partial charge in [0.15, 0.2) is 11.6 Å². The topological polar surface area (TPSA) is 92.8 Å². The average Bonchev–Trinajstić information content (AvgIpc) is 3.31. The molecule has 2 aromatic heterocycles. The molecule has 3 rings (SSSR count). The number of aromatic nitrogens is 2. The fourth-order valence-electron chi connectivity index (χ4n) is 2.60. The van der Waals surface area contributed by atoms with Crippen LogP contribution in [-0.2, 0) is 11.3 Å². The van der Waals surface area contributed by atoms with Gasteiger partial charge in [0.1, 0.15) is 0 Å². The molecule has 25 heavy (non-hydrogen) atoms. The number of anilines is 1. The van der Waals surface area contributed by atoms with Gasteiger partial charge in [-0.05, 0) is 12.1 Å². The Bertz CT molecular complexity index is 704. The summed E-state index contributed by atoms with van der Waals surface area (Å²) in [4.78, 5) is 27.9. The summed E-state index contributed by atoms with van der Waals surface area (Å²) in [5.41, 5.74) is 0. The van der Waals surface area contributed by atoms with Crippen LogP contribution in [0, 0.1) is 0 Å². The summed E-state index contributed by atoms with van der Waals surface area (Å²) in [7, 11) is 1.63. The molecule has 1 saturated heterocycles. The summed E-state index contributed by atoms with van der Waals surface area (Å²) in [6.07, 6.45) is 3.26. The number of furan rings is 1. The van der Waals surface area contributed by atoms with E-state index in [-0.39, 0.29) is 11.9 Å². The Hall–Kier alpha value is -2.81. The van der Waals surface area contributed by atoms with Gasteiger partial charge >= 0.3 is 6.03 Å². The van der Waals surface area contributed by atoms with Crippen LogP contribution in [-0.4, -0.2) is 71.4 Å². The Balaban J connectivity index is 1.48. The van der Waals surface area contributed by atoms with E-state index in [1.807, 2.05) is 0 Å². The zero-order valence-electron chi connectivity index (χ0n) is 14.1. The number of carbonyl (C=O) groups is 2. The number of ether oxygens (including phenoxy) is 1. The van der Waals surface area contributed by atoms with Crippen LogP contribution in [0.2, 0.25) is 0 Å². The molecule has 3 heterocycles. The minimum absolute atomic E-state index is 0.151. The lowest BCUT2D eigenvalue weighted by Crippen LogP contribution is -2.51. The Morgan fingerprint density at radius 3 is 2.68 bits per heavy atom. The molecule has 0 bridgehead atoms. The van der Waals surface area contributed by atoms with Crippen molar-refractivity contribution in [1.82, 2.24) is 19.6 Å². The normalized spacial score (nSPS) is 14.6. The summed E-state index contributed by atoms with van der Waals surface area (Å²) < 4.78 is 11.8. The third-order valence-electron chi connectivity index (χ3n) is 3.99. The Labute approximate surface area is 145 Å². The number of hydrogen-bond donors (Lipinski definition) is 1. The van der Waals surface area contributed by atoms with Crippen molar-refractivity contribution in [2.24, 2.45) is 0 Å². The number of amides is 3. The summed E-state index contributed by atoms with van der Waals surface area (Å²) in [5, 5.41) is 7.03. The smallest absolute Gasteiger partial charge is 0.323 e. The van der Waals surface area contributed by atoms with Crippen molar-refractivity contribution in [3.8, 4) is 0 Å². The van der Waals surface area contributed by atoms with Gasteiger partial charge in [-0.3, -0.25) is 14.8 Å². The van der Waals surface area contributed by atoms with E-state index in [0.29, 0.717) is 50.9 Å². The van der Waals surface area contributed by atoms with E-state index >= 15 is 0 Å². The second-order valence-corrected chi connectivity index (χ2v) is 5.64. The van der Waals surface area contributed by atoms with Crippen molar-refractivity contribution in [3.63, 3.8) is 0 Å². The number of urea groups is 1. The molecule has 9 heteroatoms. The van der Waals surface area contributed by atoms with E-state index in [4.69, 9.17) is 9.15 Å². The summed E-state index contributed by atoms with van der Waals surface area (Å²) in [5.74, 6) is 0.664. The molecule has 0 unspecified atom stereocenters. The monoisotopic (exact) mass is 347 g/mol. The highest BCUT2D eigenvalue weighted by molar-refractivity contribution is 5.92. The van der Waals surface area contributed by atoms with Gasteiger partial charge in [0.25, 0.3) is 5.91 Å². The van der Waals surface area contributed by atoms with Crippen molar-refractivity contribution in [2.45, 2.75) is 6.54 Å². The molecule has 1 N–H and O–H groups in total. The molecule has 134 valence electrons. The Kier molecular flexibility index (Phi) is 5.34. The first-order chi connectivity index (χ1) is 12.2. The molecular formula is C16H21N5O4. The van der Waals surface area contributed by atoms with Gasteiger partial charge in [0, 0.05) is 45.6 Å². The standard InChI is InChI=1S/C16H21N5O4/c1-24-12-10-21-5-4-14(18-21)17-16(23)20-8-6-19(7-9-20)15(22)13-3-2-11-25-13/h2-5,11H,6-10,12H2,1H3,(H,17,18,23). The van der Waals surface area contributed by atoms with Gasteiger partial charge in [-0.15, -0.1) is 0 Å². The average molecular weight is 347 g/mol. The van der Waals surface area contributed by atoms with Crippen molar-refractivity contribution in [2.75, 3.05) is 45.2 Å². The number of piperazine rings is 1. The minimum Gasteiger partial charge on any atom is -0.459 e. The maximum atomic E-state index is 12.3. The van der Waals surface area contributed by atoms with E-state index in [0.717, 1.165) is 0 Å². The van der Waals surface area contributed by atoms with Gasteiger partial charge in [0.05, 0.1) is 19.4 Å². The predicted octanol–water partition coefficient (Wildman–Crippen LogP) is 1.11. The fraction of sp³-hybridized carbons (Fsp3) is 0.438. The van der Waals surface area contributed by atoms with Crippen LogP contribution in [0.5, 0.6) is 0 Å². The first-order valence-corrected chi connectivity index (χ1v) is 8.08. The summed E-state index contributed by atoms with van der Waals surface area (Å²) >= 11 is 0. The van der Waals surface area contributed by atoms with Crippen LogP contribution in [0.3, 0.4) is 0 Å². The Morgan fingerprint density at radius 2 is 2.00 bits per heavy atom. The van der Waals surface area contributed by atoms with Gasteiger partial charge in [0.2, 0.25) is 0 Å². The van der Waals surface area contributed by atoms with Crippen LogP contribution >= 0.6 is 0 Å². The van der Waals surface area contributed by atoms with Crippen LogP contribution in [0.25, 0.3) is 0 Å². The number of carbonyl (C=O) groups excluding carboxylic acids is 2. The number of nitrogens with one attached hydrogen (secondary N) is 1. The molecule has 0 radical (unpaired) electrons. The van der Waals surface area contributed by atoms with Gasteiger partial charge in [-0.25, -0.2) is 4.79 Å². The number of nitrogens with zero attached hydrogens (tertiary/aromatic N) is 4. The molecular weight excluding hydrogens is 326 g/mol. The van der Waals surface area contributed by atoms with Crippen molar-refractivity contribution >= 4 is 17.8 Å².